The maximum absolute atomic E-state index is 10.9. The van der Waals surface area contributed by atoms with E-state index < -0.39 is 11.5 Å². The molecular weight excluding hydrogens is 194 g/mol. The van der Waals surface area contributed by atoms with Crippen LogP contribution in [0.15, 0.2) is 24.3 Å². The fraction of sp³-hybridized carbons (Fsp3) is 0.364. The van der Waals surface area contributed by atoms with Crippen LogP contribution >= 0.6 is 0 Å². The molecule has 0 saturated heterocycles. The molecule has 0 heterocycles. The van der Waals surface area contributed by atoms with Crippen LogP contribution in [0.25, 0.3) is 0 Å². The van der Waals surface area contributed by atoms with Crippen LogP contribution in [-0.4, -0.2) is 23.7 Å². The molecule has 0 unspecified atom stereocenters. The maximum atomic E-state index is 10.9. The summed E-state index contributed by atoms with van der Waals surface area (Å²) in [6, 6.07) is 7.38. The second-order valence-corrected chi connectivity index (χ2v) is 3.88. The third-order valence-electron chi connectivity index (χ3n) is 2.90. The third kappa shape index (κ3) is 1.57. The Hall–Kier alpha value is -1.55. The zero-order valence-electron chi connectivity index (χ0n) is 8.43. The lowest BCUT2D eigenvalue weighted by Crippen LogP contribution is -2.34. The molecule has 0 spiro atoms. The summed E-state index contributed by atoms with van der Waals surface area (Å²) in [7, 11) is 1.58. The molecule has 0 aliphatic heterocycles. The first kappa shape index (κ1) is 9.98. The topological polar surface area (TPSA) is 72.5 Å². The van der Waals surface area contributed by atoms with E-state index in [1.807, 2.05) is 24.3 Å². The highest BCUT2D eigenvalue weighted by Gasteiger charge is 2.58. The minimum Gasteiger partial charge on any atom is -0.497 e. The lowest BCUT2D eigenvalue weighted by atomic mass is 10.1. The molecule has 1 saturated carbocycles. The molecule has 0 amide bonds. The van der Waals surface area contributed by atoms with Crippen molar-refractivity contribution in [3.05, 3.63) is 29.8 Å². The fourth-order valence-corrected chi connectivity index (χ4v) is 1.79. The van der Waals surface area contributed by atoms with Crippen LogP contribution in [0.2, 0.25) is 0 Å². The van der Waals surface area contributed by atoms with Crippen molar-refractivity contribution in [3.63, 3.8) is 0 Å². The molecule has 4 nitrogen and oxygen atoms in total. The number of carboxylic acids is 1. The summed E-state index contributed by atoms with van der Waals surface area (Å²) in [6.45, 7) is 0. The zero-order chi connectivity index (χ0) is 11.1. The molecule has 1 fully saturated rings. The number of hydrogen-bond donors (Lipinski definition) is 2. The number of aliphatic carboxylic acids is 1. The Bertz CT molecular complexity index is 405. The quantitative estimate of drug-likeness (QED) is 0.774. The van der Waals surface area contributed by atoms with E-state index in [2.05, 4.69) is 0 Å². The molecule has 0 aromatic heterocycles. The van der Waals surface area contributed by atoms with Gasteiger partial charge in [0.25, 0.3) is 0 Å². The van der Waals surface area contributed by atoms with Gasteiger partial charge in [-0.15, -0.1) is 0 Å². The zero-order valence-corrected chi connectivity index (χ0v) is 8.43. The third-order valence-corrected chi connectivity index (χ3v) is 2.90. The molecule has 1 aliphatic carbocycles. The Labute approximate surface area is 87.7 Å². The predicted molar refractivity (Wildman–Crippen MR) is 54.9 cm³/mol. The van der Waals surface area contributed by atoms with E-state index in [0.717, 1.165) is 11.3 Å². The van der Waals surface area contributed by atoms with Crippen LogP contribution in [0.5, 0.6) is 5.75 Å². The molecule has 80 valence electrons. The molecule has 0 radical (unpaired) electrons. The normalized spacial score (nSPS) is 28.5. The number of hydrogen-bond acceptors (Lipinski definition) is 3. The van der Waals surface area contributed by atoms with Gasteiger partial charge in [-0.05, 0) is 24.1 Å². The Kier molecular flexibility index (Phi) is 2.16. The van der Waals surface area contributed by atoms with Crippen LogP contribution in [0.1, 0.15) is 17.9 Å². The van der Waals surface area contributed by atoms with Gasteiger partial charge < -0.3 is 15.6 Å². The molecule has 4 heteroatoms. The Morgan fingerprint density at radius 1 is 1.67 bits per heavy atom. The smallest absolute Gasteiger partial charge is 0.324 e. The van der Waals surface area contributed by atoms with Crippen molar-refractivity contribution < 1.29 is 14.6 Å². The van der Waals surface area contributed by atoms with Gasteiger partial charge in [0, 0.05) is 5.92 Å². The summed E-state index contributed by atoms with van der Waals surface area (Å²) in [5.41, 5.74) is 5.57. The molecule has 2 atom stereocenters. The van der Waals surface area contributed by atoms with Crippen molar-refractivity contribution >= 4 is 5.97 Å². The number of rotatable bonds is 3. The molecule has 0 bridgehead atoms. The summed E-state index contributed by atoms with van der Waals surface area (Å²) in [6.07, 6.45) is 0.496. The highest BCUT2D eigenvalue weighted by Crippen LogP contribution is 2.50. The van der Waals surface area contributed by atoms with E-state index in [1.165, 1.54) is 0 Å². The van der Waals surface area contributed by atoms with Crippen LogP contribution in [0.3, 0.4) is 0 Å². The summed E-state index contributed by atoms with van der Waals surface area (Å²) >= 11 is 0. The minimum atomic E-state index is -1.08. The van der Waals surface area contributed by atoms with Crippen molar-refractivity contribution in [1.82, 2.24) is 0 Å². The van der Waals surface area contributed by atoms with E-state index in [4.69, 9.17) is 15.6 Å². The SMILES string of the molecule is COc1cccc([C@H]2C[C@]2(N)C(=O)O)c1. The second kappa shape index (κ2) is 3.24. The van der Waals surface area contributed by atoms with Crippen molar-refractivity contribution in [2.24, 2.45) is 5.73 Å². The average molecular weight is 207 g/mol. The average Bonchev–Trinajstić information content (AvgIpc) is 2.93. The number of carbonyl (C=O) groups is 1. The van der Waals surface area contributed by atoms with Gasteiger partial charge in [0.1, 0.15) is 11.3 Å². The van der Waals surface area contributed by atoms with Crippen molar-refractivity contribution in [3.8, 4) is 5.75 Å². The van der Waals surface area contributed by atoms with Crippen LogP contribution in [-0.2, 0) is 4.79 Å². The Morgan fingerprint density at radius 2 is 2.40 bits per heavy atom. The van der Waals surface area contributed by atoms with Gasteiger partial charge in [-0.2, -0.15) is 0 Å². The number of methoxy groups -OCH3 is 1. The summed E-state index contributed by atoms with van der Waals surface area (Å²) in [5, 5.41) is 8.91. The van der Waals surface area contributed by atoms with Gasteiger partial charge in [0.05, 0.1) is 7.11 Å². The first-order valence-corrected chi connectivity index (χ1v) is 4.74. The van der Waals surface area contributed by atoms with Gasteiger partial charge >= 0.3 is 5.97 Å². The van der Waals surface area contributed by atoms with Gasteiger partial charge in [0.15, 0.2) is 0 Å². The van der Waals surface area contributed by atoms with Crippen molar-refractivity contribution in [2.45, 2.75) is 17.9 Å². The highest BCUT2D eigenvalue weighted by molar-refractivity contribution is 5.84. The van der Waals surface area contributed by atoms with Crippen molar-refractivity contribution in [2.75, 3.05) is 7.11 Å². The number of benzene rings is 1. The van der Waals surface area contributed by atoms with E-state index >= 15 is 0 Å². The summed E-state index contributed by atoms with van der Waals surface area (Å²) < 4.78 is 5.07. The standard InChI is InChI=1S/C11H13NO3/c1-15-8-4-2-3-7(5-8)9-6-11(9,12)10(13)14/h2-5,9H,6,12H2,1H3,(H,13,14)/t9-,11-/m1/s1. The van der Waals surface area contributed by atoms with Crippen LogP contribution in [0.4, 0.5) is 0 Å². The number of nitrogens with two attached hydrogens (primary N) is 1. The molecule has 2 rings (SSSR count). The Morgan fingerprint density at radius 3 is 2.93 bits per heavy atom. The number of carboxylic acid groups (broad SMARTS) is 1. The van der Waals surface area contributed by atoms with Gasteiger partial charge in [0.2, 0.25) is 0 Å². The van der Waals surface area contributed by atoms with Gasteiger partial charge in [-0.25, -0.2) is 0 Å². The number of ether oxygens (including phenoxy) is 1. The van der Waals surface area contributed by atoms with Crippen molar-refractivity contribution in [1.29, 1.82) is 0 Å². The first-order chi connectivity index (χ1) is 7.08. The minimum absolute atomic E-state index is 0.0925. The molecular formula is C11H13NO3. The second-order valence-electron chi connectivity index (χ2n) is 3.88. The Balaban J connectivity index is 2.23. The van der Waals surface area contributed by atoms with Gasteiger partial charge in [-0.1, -0.05) is 12.1 Å². The fourth-order valence-electron chi connectivity index (χ4n) is 1.79. The summed E-state index contributed by atoms with van der Waals surface area (Å²) in [5.74, 6) is -0.299. The molecule has 1 aromatic rings. The monoisotopic (exact) mass is 207 g/mol. The van der Waals surface area contributed by atoms with E-state index in [9.17, 15) is 4.79 Å². The van der Waals surface area contributed by atoms with E-state index in [-0.39, 0.29) is 5.92 Å². The molecule has 3 N–H and O–H groups in total. The lowest BCUT2D eigenvalue weighted by Gasteiger charge is -2.06. The van der Waals surface area contributed by atoms with Gasteiger partial charge in [-0.3, -0.25) is 4.79 Å². The molecule has 1 aromatic carbocycles. The largest absolute Gasteiger partial charge is 0.497 e. The van der Waals surface area contributed by atoms with E-state index in [0.29, 0.717) is 6.42 Å². The lowest BCUT2D eigenvalue weighted by molar-refractivity contribution is -0.139. The van der Waals surface area contributed by atoms with E-state index in [1.54, 1.807) is 7.11 Å². The maximum Gasteiger partial charge on any atom is 0.324 e. The summed E-state index contributed by atoms with van der Waals surface area (Å²) in [4.78, 5) is 10.9. The first-order valence-electron chi connectivity index (χ1n) is 4.74. The highest BCUT2D eigenvalue weighted by atomic mass is 16.5. The van der Waals surface area contributed by atoms with Crippen LogP contribution < -0.4 is 10.5 Å². The molecule has 1 aliphatic rings. The molecule has 15 heavy (non-hydrogen) atoms. The predicted octanol–water partition coefficient (Wildman–Crippen LogP) is 0.965. The van der Waals surface area contributed by atoms with Crippen LogP contribution in [0, 0.1) is 0 Å².